The smallest absolute Gasteiger partial charge is 0.392 e. The summed E-state index contributed by atoms with van der Waals surface area (Å²) >= 11 is 0. The maximum atomic E-state index is 11.9. The van der Waals surface area contributed by atoms with Crippen LogP contribution < -0.4 is 5.32 Å². The van der Waals surface area contributed by atoms with Crippen molar-refractivity contribution in [3.05, 3.63) is 0 Å². The molecule has 5 nitrogen and oxygen atoms in total. The number of alkyl halides is 3. The van der Waals surface area contributed by atoms with E-state index in [0.717, 1.165) is 0 Å². The van der Waals surface area contributed by atoms with E-state index in [1.807, 2.05) is 0 Å². The topological polar surface area (TPSA) is 67.8 Å². The van der Waals surface area contributed by atoms with E-state index in [-0.39, 0.29) is 30.4 Å². The number of rotatable bonds is 5. The van der Waals surface area contributed by atoms with Crippen molar-refractivity contribution >= 4 is 5.91 Å². The molecule has 1 aliphatic heterocycles. The van der Waals surface area contributed by atoms with Crippen LogP contribution in [0.3, 0.4) is 0 Å². The van der Waals surface area contributed by atoms with Crippen LogP contribution in [0.15, 0.2) is 0 Å². The molecule has 2 N–H and O–H groups in total. The minimum atomic E-state index is -4.37. The highest BCUT2D eigenvalue weighted by Crippen LogP contribution is 2.48. The van der Waals surface area contributed by atoms with Crippen molar-refractivity contribution in [2.45, 2.75) is 44.0 Å². The highest BCUT2D eigenvalue weighted by Gasteiger charge is 2.55. The molecule has 1 saturated heterocycles. The van der Waals surface area contributed by atoms with Crippen LogP contribution in [0, 0.1) is 5.41 Å². The molecule has 0 aromatic rings. The van der Waals surface area contributed by atoms with Crippen molar-refractivity contribution in [1.82, 2.24) is 5.32 Å². The van der Waals surface area contributed by atoms with Crippen LogP contribution in [0.5, 0.6) is 0 Å². The third-order valence-corrected chi connectivity index (χ3v) is 4.31. The number of aliphatic hydroxyl groups excluding tert-OH is 1. The van der Waals surface area contributed by atoms with Gasteiger partial charge in [0, 0.05) is 31.1 Å². The Labute approximate surface area is 120 Å². The van der Waals surface area contributed by atoms with Crippen LogP contribution in [-0.2, 0) is 14.3 Å². The van der Waals surface area contributed by atoms with Crippen LogP contribution in [-0.4, -0.2) is 55.8 Å². The van der Waals surface area contributed by atoms with Crippen molar-refractivity contribution in [3.63, 3.8) is 0 Å². The molecule has 0 bridgehead atoms. The molecule has 1 spiro atoms. The molecule has 1 heterocycles. The first-order valence-corrected chi connectivity index (χ1v) is 7.03. The SMILES string of the molecule is O=C(CCOCC(F)(F)F)N[C@@H]1C[C@@H](O)C12CCOCC2. The fraction of sp³-hybridized carbons (Fsp3) is 0.923. The number of aliphatic hydroxyl groups is 1. The summed E-state index contributed by atoms with van der Waals surface area (Å²) in [4.78, 5) is 11.7. The molecule has 0 aromatic carbocycles. The van der Waals surface area contributed by atoms with Gasteiger partial charge in [0.25, 0.3) is 0 Å². The van der Waals surface area contributed by atoms with Gasteiger partial charge in [0.15, 0.2) is 0 Å². The summed E-state index contributed by atoms with van der Waals surface area (Å²) in [7, 11) is 0. The highest BCUT2D eigenvalue weighted by molar-refractivity contribution is 5.76. The Kier molecular flexibility index (Phi) is 5.11. The van der Waals surface area contributed by atoms with Gasteiger partial charge in [0.05, 0.1) is 12.7 Å². The Balaban J connectivity index is 1.70. The van der Waals surface area contributed by atoms with Gasteiger partial charge in [-0.15, -0.1) is 0 Å². The van der Waals surface area contributed by atoms with Gasteiger partial charge >= 0.3 is 6.18 Å². The highest BCUT2D eigenvalue weighted by atomic mass is 19.4. The van der Waals surface area contributed by atoms with Crippen LogP contribution in [0.1, 0.15) is 25.7 Å². The number of ether oxygens (including phenoxy) is 2. The predicted octanol–water partition coefficient (Wildman–Crippen LogP) is 1.00. The van der Waals surface area contributed by atoms with Crippen molar-refractivity contribution in [2.24, 2.45) is 5.41 Å². The average Bonchev–Trinajstić information content (AvgIpc) is 2.43. The normalized spacial score (nSPS) is 28.2. The first-order chi connectivity index (χ1) is 9.83. The molecule has 0 aromatic heterocycles. The van der Waals surface area contributed by atoms with Crippen LogP contribution in [0.25, 0.3) is 0 Å². The van der Waals surface area contributed by atoms with Gasteiger partial charge in [-0.3, -0.25) is 4.79 Å². The monoisotopic (exact) mass is 311 g/mol. The second-order valence-electron chi connectivity index (χ2n) is 5.63. The summed E-state index contributed by atoms with van der Waals surface area (Å²) < 4.78 is 45.3. The fourth-order valence-corrected chi connectivity index (χ4v) is 3.02. The molecule has 2 fully saturated rings. The quantitative estimate of drug-likeness (QED) is 0.744. The lowest BCUT2D eigenvalue weighted by atomic mass is 9.58. The summed E-state index contributed by atoms with van der Waals surface area (Å²) in [6, 6.07) is -0.133. The van der Waals surface area contributed by atoms with E-state index in [0.29, 0.717) is 32.5 Å². The number of hydrogen-bond donors (Lipinski definition) is 2. The van der Waals surface area contributed by atoms with E-state index in [1.165, 1.54) is 0 Å². The lowest BCUT2D eigenvalue weighted by molar-refractivity contribution is -0.175. The van der Waals surface area contributed by atoms with Crippen molar-refractivity contribution in [2.75, 3.05) is 26.4 Å². The zero-order valence-electron chi connectivity index (χ0n) is 11.6. The first kappa shape index (κ1) is 16.5. The van der Waals surface area contributed by atoms with Gasteiger partial charge in [-0.2, -0.15) is 13.2 Å². The number of halogens is 3. The van der Waals surface area contributed by atoms with Crippen LogP contribution in [0.4, 0.5) is 13.2 Å². The Hall–Kier alpha value is -0.860. The standard InChI is InChI=1S/C13H20F3NO4/c14-13(15,16)8-21-4-1-11(19)17-9-7-10(18)12(9)2-5-20-6-3-12/h9-10,18H,1-8H2,(H,17,19)/t9-,10-/m1/s1. The summed E-state index contributed by atoms with van der Waals surface area (Å²) in [5.41, 5.74) is -0.333. The van der Waals surface area contributed by atoms with E-state index in [9.17, 15) is 23.1 Å². The second-order valence-corrected chi connectivity index (χ2v) is 5.63. The predicted molar refractivity (Wildman–Crippen MR) is 66.5 cm³/mol. The van der Waals surface area contributed by atoms with Gasteiger partial charge in [-0.1, -0.05) is 0 Å². The lowest BCUT2D eigenvalue weighted by Gasteiger charge is -2.55. The van der Waals surface area contributed by atoms with Crippen LogP contribution in [0.2, 0.25) is 0 Å². The summed E-state index contributed by atoms with van der Waals surface area (Å²) in [5.74, 6) is -0.347. The molecule has 21 heavy (non-hydrogen) atoms. The van der Waals surface area contributed by atoms with Crippen molar-refractivity contribution < 1.29 is 32.5 Å². The van der Waals surface area contributed by atoms with E-state index < -0.39 is 18.9 Å². The van der Waals surface area contributed by atoms with Gasteiger partial charge in [0.1, 0.15) is 6.61 Å². The van der Waals surface area contributed by atoms with Gasteiger partial charge in [-0.25, -0.2) is 0 Å². The zero-order valence-corrected chi connectivity index (χ0v) is 11.6. The minimum absolute atomic E-state index is 0.116. The molecule has 2 rings (SSSR count). The molecule has 2 aliphatic rings. The molecule has 0 unspecified atom stereocenters. The Bertz CT molecular complexity index is 369. The molecule has 0 radical (unpaired) electrons. The van der Waals surface area contributed by atoms with E-state index in [4.69, 9.17) is 4.74 Å². The Morgan fingerprint density at radius 2 is 2.05 bits per heavy atom. The largest absolute Gasteiger partial charge is 0.411 e. The summed E-state index contributed by atoms with van der Waals surface area (Å²) in [5, 5.41) is 12.7. The number of carbonyl (C=O) groups is 1. The summed E-state index contributed by atoms with van der Waals surface area (Å²) in [6.45, 7) is -0.503. The minimum Gasteiger partial charge on any atom is -0.392 e. The van der Waals surface area contributed by atoms with Gasteiger partial charge in [-0.05, 0) is 19.3 Å². The van der Waals surface area contributed by atoms with E-state index >= 15 is 0 Å². The van der Waals surface area contributed by atoms with E-state index in [1.54, 1.807) is 0 Å². The maximum absolute atomic E-state index is 11.9. The number of carbonyl (C=O) groups excluding carboxylic acids is 1. The second kappa shape index (κ2) is 6.50. The molecule has 1 amide bonds. The third-order valence-electron chi connectivity index (χ3n) is 4.31. The lowest BCUT2D eigenvalue weighted by Crippen LogP contribution is -2.65. The number of amides is 1. The van der Waals surface area contributed by atoms with Gasteiger partial charge < -0.3 is 19.9 Å². The maximum Gasteiger partial charge on any atom is 0.411 e. The van der Waals surface area contributed by atoms with Crippen LogP contribution >= 0.6 is 0 Å². The first-order valence-electron chi connectivity index (χ1n) is 7.03. The molecule has 2 atom stereocenters. The third kappa shape index (κ3) is 4.08. The Morgan fingerprint density at radius 3 is 2.62 bits per heavy atom. The van der Waals surface area contributed by atoms with Crippen molar-refractivity contribution in [1.29, 1.82) is 0 Å². The molecule has 1 aliphatic carbocycles. The number of nitrogens with one attached hydrogen (secondary N) is 1. The Morgan fingerprint density at radius 1 is 1.38 bits per heavy atom. The zero-order chi connectivity index (χ0) is 15.5. The number of hydrogen-bond acceptors (Lipinski definition) is 4. The molecular weight excluding hydrogens is 291 g/mol. The van der Waals surface area contributed by atoms with E-state index in [2.05, 4.69) is 10.1 Å². The molecule has 1 saturated carbocycles. The average molecular weight is 311 g/mol. The fourth-order valence-electron chi connectivity index (χ4n) is 3.02. The molecular formula is C13H20F3NO4. The van der Waals surface area contributed by atoms with Crippen molar-refractivity contribution in [3.8, 4) is 0 Å². The molecule has 122 valence electrons. The van der Waals surface area contributed by atoms with Gasteiger partial charge in [0.2, 0.25) is 5.91 Å². The molecule has 8 heteroatoms. The summed E-state index contributed by atoms with van der Waals surface area (Å²) in [6.07, 6.45) is -3.09.